The Morgan fingerprint density at radius 3 is 1.66 bits per heavy atom. The fourth-order valence-corrected chi connectivity index (χ4v) is 5.03. The Labute approximate surface area is 250 Å². The zero-order chi connectivity index (χ0) is 29.8. The molecule has 0 saturated heterocycles. The van der Waals surface area contributed by atoms with Gasteiger partial charge in [0.05, 0.1) is 19.8 Å². The van der Waals surface area contributed by atoms with Crippen LogP contribution in [0.1, 0.15) is 148 Å². The fraction of sp³-hybridized carbons (Fsp3) is 0.765. The minimum Gasteiger partial charge on any atom is -0.494 e. The molecule has 1 rings (SSSR count). The Kier molecular flexibility index (Phi) is 23.6. The van der Waals surface area contributed by atoms with Crippen LogP contribution in [0.5, 0.6) is 5.75 Å². The van der Waals surface area contributed by atoms with Gasteiger partial charge in [0.2, 0.25) is 0 Å². The molecular formula is C34H59NO6. The first-order valence-electron chi connectivity index (χ1n) is 16.6. The molecule has 0 fully saturated rings. The van der Waals surface area contributed by atoms with Crippen LogP contribution in [0.25, 0.3) is 0 Å². The smallest absolute Gasteiger partial charge is 0.494 e. The van der Waals surface area contributed by atoms with Crippen molar-refractivity contribution < 1.29 is 28.9 Å². The highest BCUT2D eigenvalue weighted by molar-refractivity contribution is 5.85. The maximum atomic E-state index is 12.2. The van der Waals surface area contributed by atoms with Crippen molar-refractivity contribution in [3.8, 4) is 5.75 Å². The maximum Gasteiger partial charge on any atom is 0.505 e. The predicted octanol–water partition coefficient (Wildman–Crippen LogP) is 10.7. The topological polar surface area (TPSA) is 94.1 Å². The summed E-state index contributed by atoms with van der Waals surface area (Å²) in [7, 11) is 0. The Hall–Kier alpha value is -2.44. The lowest BCUT2D eigenvalue weighted by atomic mass is 10.0. The third-order valence-electron chi connectivity index (χ3n) is 7.41. The monoisotopic (exact) mass is 577 g/mol. The van der Waals surface area contributed by atoms with Crippen LogP contribution in [-0.2, 0) is 15.9 Å². The number of hydrogen-bond donors (Lipinski definition) is 2. The van der Waals surface area contributed by atoms with Crippen molar-refractivity contribution in [3.05, 3.63) is 23.8 Å². The number of carboxylic acid groups (broad SMARTS) is 1. The van der Waals surface area contributed by atoms with Gasteiger partial charge in [-0.3, -0.25) is 5.32 Å². The molecule has 0 atom stereocenters. The number of carbonyl (C=O) groups excluding carboxylic acids is 1. The van der Waals surface area contributed by atoms with E-state index in [-0.39, 0.29) is 0 Å². The lowest BCUT2D eigenvalue weighted by molar-refractivity contribution is 0.0899. The SMILES string of the molecule is CCCCCCCCCCCCOC(=O)Nc1ccc(CCCCCCCCCCCCOC(=O)O)c(OCC)c1. The molecule has 0 aliphatic heterocycles. The van der Waals surface area contributed by atoms with Crippen LogP contribution in [0.15, 0.2) is 18.2 Å². The van der Waals surface area contributed by atoms with Crippen molar-refractivity contribution in [2.24, 2.45) is 0 Å². The van der Waals surface area contributed by atoms with Crippen LogP contribution in [0, 0.1) is 0 Å². The molecule has 2 N–H and O–H groups in total. The number of benzene rings is 1. The van der Waals surface area contributed by atoms with Crippen LogP contribution < -0.4 is 10.1 Å². The number of hydrogen-bond acceptors (Lipinski definition) is 5. The molecule has 0 aliphatic carbocycles. The van der Waals surface area contributed by atoms with Gasteiger partial charge in [-0.05, 0) is 44.2 Å². The molecule has 1 aromatic rings. The highest BCUT2D eigenvalue weighted by Gasteiger charge is 2.09. The summed E-state index contributed by atoms with van der Waals surface area (Å²) >= 11 is 0. The van der Waals surface area contributed by atoms with E-state index in [2.05, 4.69) is 23.0 Å². The first kappa shape index (κ1) is 36.6. The van der Waals surface area contributed by atoms with Crippen molar-refractivity contribution in [1.29, 1.82) is 0 Å². The lowest BCUT2D eigenvalue weighted by Crippen LogP contribution is -2.14. The average Bonchev–Trinajstić information content (AvgIpc) is 2.95. The van der Waals surface area contributed by atoms with E-state index in [1.165, 1.54) is 95.5 Å². The predicted molar refractivity (Wildman–Crippen MR) is 168 cm³/mol. The summed E-state index contributed by atoms with van der Waals surface area (Å²) in [4.78, 5) is 22.5. The summed E-state index contributed by atoms with van der Waals surface area (Å²) in [5.74, 6) is 0.841. The van der Waals surface area contributed by atoms with Crippen LogP contribution in [0.2, 0.25) is 0 Å². The molecular weight excluding hydrogens is 518 g/mol. The number of aryl methyl sites for hydroxylation is 1. The van der Waals surface area contributed by atoms with Crippen molar-refractivity contribution in [2.75, 3.05) is 25.1 Å². The van der Waals surface area contributed by atoms with Gasteiger partial charge in [0, 0.05) is 11.8 Å². The van der Waals surface area contributed by atoms with Crippen LogP contribution in [-0.4, -0.2) is 37.2 Å². The molecule has 0 aliphatic rings. The number of nitrogens with one attached hydrogen (secondary N) is 1. The minimum absolute atomic E-state index is 0.311. The van der Waals surface area contributed by atoms with Gasteiger partial charge in [-0.2, -0.15) is 0 Å². The Morgan fingerprint density at radius 2 is 1.15 bits per heavy atom. The molecule has 41 heavy (non-hydrogen) atoms. The van der Waals surface area contributed by atoms with Crippen LogP contribution in [0.4, 0.5) is 15.3 Å². The average molecular weight is 578 g/mol. The molecule has 0 bridgehead atoms. The number of carbonyl (C=O) groups is 2. The second-order valence-electron chi connectivity index (χ2n) is 11.1. The van der Waals surface area contributed by atoms with Crippen molar-refractivity contribution >= 4 is 17.9 Å². The van der Waals surface area contributed by atoms with Gasteiger partial charge in [-0.1, -0.05) is 122 Å². The number of unbranched alkanes of at least 4 members (excludes halogenated alkanes) is 18. The Balaban J connectivity index is 2.13. The highest BCUT2D eigenvalue weighted by atomic mass is 16.7. The summed E-state index contributed by atoms with van der Waals surface area (Å²) in [6.45, 7) is 5.59. The normalized spacial score (nSPS) is 10.9. The number of rotatable bonds is 27. The van der Waals surface area contributed by atoms with Gasteiger partial charge in [0.15, 0.2) is 0 Å². The summed E-state index contributed by atoms with van der Waals surface area (Å²) in [6.07, 6.45) is 23.5. The fourth-order valence-electron chi connectivity index (χ4n) is 5.03. The van der Waals surface area contributed by atoms with E-state index < -0.39 is 12.2 Å². The van der Waals surface area contributed by atoms with Gasteiger partial charge in [-0.25, -0.2) is 9.59 Å². The van der Waals surface area contributed by atoms with Gasteiger partial charge in [0.1, 0.15) is 5.75 Å². The zero-order valence-corrected chi connectivity index (χ0v) is 26.2. The molecule has 0 aromatic heterocycles. The van der Waals surface area contributed by atoms with E-state index in [0.29, 0.717) is 25.5 Å². The van der Waals surface area contributed by atoms with E-state index >= 15 is 0 Å². The molecule has 0 radical (unpaired) electrons. The minimum atomic E-state index is -1.18. The summed E-state index contributed by atoms with van der Waals surface area (Å²) in [6, 6.07) is 5.91. The van der Waals surface area contributed by atoms with Crippen molar-refractivity contribution in [2.45, 2.75) is 149 Å². The molecule has 0 spiro atoms. The number of anilines is 1. The quantitative estimate of drug-likeness (QED) is 0.0798. The molecule has 1 aromatic carbocycles. The van der Waals surface area contributed by atoms with E-state index in [4.69, 9.17) is 14.6 Å². The second kappa shape index (κ2) is 26.5. The molecule has 7 heteroatoms. The maximum absolute atomic E-state index is 12.2. The van der Waals surface area contributed by atoms with Gasteiger partial charge < -0.3 is 19.3 Å². The Bertz CT molecular complexity index is 784. The third kappa shape index (κ3) is 21.9. The van der Waals surface area contributed by atoms with Crippen LogP contribution >= 0.6 is 0 Å². The molecule has 236 valence electrons. The number of ether oxygens (including phenoxy) is 3. The zero-order valence-electron chi connectivity index (χ0n) is 26.2. The van der Waals surface area contributed by atoms with Gasteiger partial charge in [-0.15, -0.1) is 0 Å². The standard InChI is InChI=1S/C34H59NO6/c1-3-5-6-7-8-9-13-16-19-22-27-40-33(36)35-31-26-25-30(32(29-31)39-4-2)24-21-18-15-12-10-11-14-17-20-23-28-41-34(37)38/h25-26,29H,3-24,27-28H2,1-2H3,(H,35,36)(H,37,38). The molecule has 0 heterocycles. The van der Waals surface area contributed by atoms with Crippen LogP contribution in [0.3, 0.4) is 0 Å². The Morgan fingerprint density at radius 1 is 0.659 bits per heavy atom. The van der Waals surface area contributed by atoms with E-state index in [9.17, 15) is 9.59 Å². The van der Waals surface area contributed by atoms with Gasteiger partial charge in [0.25, 0.3) is 0 Å². The summed E-state index contributed by atoms with van der Waals surface area (Å²) < 4.78 is 15.8. The second-order valence-corrected chi connectivity index (χ2v) is 11.1. The van der Waals surface area contributed by atoms with E-state index in [1.54, 1.807) is 0 Å². The number of amides is 1. The molecule has 0 saturated carbocycles. The van der Waals surface area contributed by atoms with E-state index in [0.717, 1.165) is 50.7 Å². The van der Waals surface area contributed by atoms with E-state index in [1.807, 2.05) is 19.1 Å². The first-order chi connectivity index (χ1) is 20.1. The third-order valence-corrected chi connectivity index (χ3v) is 7.41. The molecule has 7 nitrogen and oxygen atoms in total. The largest absolute Gasteiger partial charge is 0.505 e. The molecule has 0 unspecified atom stereocenters. The van der Waals surface area contributed by atoms with Crippen molar-refractivity contribution in [1.82, 2.24) is 0 Å². The lowest BCUT2D eigenvalue weighted by Gasteiger charge is -2.13. The first-order valence-corrected chi connectivity index (χ1v) is 16.6. The highest BCUT2D eigenvalue weighted by Crippen LogP contribution is 2.26. The summed E-state index contributed by atoms with van der Waals surface area (Å²) in [5.41, 5.74) is 1.89. The molecule has 1 amide bonds. The van der Waals surface area contributed by atoms with Crippen molar-refractivity contribution in [3.63, 3.8) is 0 Å². The van der Waals surface area contributed by atoms with Gasteiger partial charge >= 0.3 is 12.2 Å². The summed E-state index contributed by atoms with van der Waals surface area (Å²) in [5, 5.41) is 11.3.